The lowest BCUT2D eigenvalue weighted by Crippen LogP contribution is -2.45. The third kappa shape index (κ3) is 3.52. The molecule has 1 aromatic heterocycles. The van der Waals surface area contributed by atoms with E-state index < -0.39 is 5.66 Å². The Bertz CT molecular complexity index is 972. The van der Waals surface area contributed by atoms with Crippen molar-refractivity contribution in [2.24, 2.45) is 4.99 Å². The van der Waals surface area contributed by atoms with E-state index >= 15 is 0 Å². The van der Waals surface area contributed by atoms with E-state index in [2.05, 4.69) is 15.8 Å². The number of pyridine rings is 1. The Kier molecular flexibility index (Phi) is 5.43. The van der Waals surface area contributed by atoms with Crippen molar-refractivity contribution in [3.8, 4) is 5.75 Å². The molecule has 9 heteroatoms. The number of hydrogen-bond donors (Lipinski definition) is 3. The molecule has 0 saturated carbocycles. The molecule has 2 heterocycles. The molecular weight excluding hydrogens is 368 g/mol. The van der Waals surface area contributed by atoms with Crippen LogP contribution in [0.3, 0.4) is 0 Å². The van der Waals surface area contributed by atoms with Gasteiger partial charge in [0, 0.05) is 11.9 Å². The number of hydrogen-bond acceptors (Lipinski definition) is 8. The second kappa shape index (κ2) is 7.61. The van der Waals surface area contributed by atoms with E-state index in [0.29, 0.717) is 29.2 Å². The van der Waals surface area contributed by atoms with Gasteiger partial charge in [0.1, 0.15) is 11.3 Å². The molecule has 2 aromatic rings. The minimum absolute atomic E-state index is 0.0975. The van der Waals surface area contributed by atoms with Gasteiger partial charge in [-0.25, -0.2) is 10.4 Å². The quantitative estimate of drug-likeness (QED) is 0.667. The molecule has 0 unspecified atom stereocenters. The number of nitrogens with zero attached hydrogens (tertiary/aromatic N) is 2. The van der Waals surface area contributed by atoms with Crippen molar-refractivity contribution in [2.45, 2.75) is 33.0 Å². The number of aliphatic imine (C=N–C) groups is 1. The highest BCUT2D eigenvalue weighted by Gasteiger charge is 2.38. The zero-order valence-electron chi connectivity index (χ0n) is 15.4. The highest BCUT2D eigenvalue weighted by molar-refractivity contribution is 8.14. The lowest BCUT2D eigenvalue weighted by Gasteiger charge is -2.23. The van der Waals surface area contributed by atoms with Crippen LogP contribution in [0.5, 0.6) is 5.75 Å². The van der Waals surface area contributed by atoms with E-state index in [1.165, 1.54) is 11.8 Å². The molecule has 1 aliphatic rings. The van der Waals surface area contributed by atoms with Gasteiger partial charge in [0.15, 0.2) is 10.8 Å². The molecule has 0 saturated heterocycles. The Balaban J connectivity index is 2.02. The summed E-state index contributed by atoms with van der Waals surface area (Å²) in [6.45, 7) is 6.10. The first-order valence-electron chi connectivity index (χ1n) is 8.67. The molecule has 0 fully saturated rings. The number of nitrogens with one attached hydrogen (secondary N) is 2. The minimum Gasteiger partial charge on any atom is -0.507 e. The maximum atomic E-state index is 13.1. The fourth-order valence-corrected chi connectivity index (χ4v) is 3.80. The SMILES string of the molecule is CCOC(=O)CSC1=N[C@@](C)(c2c(O)c3ccccc3n(CC)c2=O)NN1. The van der Waals surface area contributed by atoms with Crippen molar-refractivity contribution in [1.82, 2.24) is 15.4 Å². The van der Waals surface area contributed by atoms with Crippen molar-refractivity contribution in [2.75, 3.05) is 12.4 Å². The third-order valence-electron chi connectivity index (χ3n) is 4.32. The largest absolute Gasteiger partial charge is 0.507 e. The summed E-state index contributed by atoms with van der Waals surface area (Å²) in [6, 6.07) is 7.21. The van der Waals surface area contributed by atoms with Crippen molar-refractivity contribution in [3.63, 3.8) is 0 Å². The topological polar surface area (TPSA) is 105 Å². The summed E-state index contributed by atoms with van der Waals surface area (Å²) in [7, 11) is 0. The first kappa shape index (κ1) is 19.2. The number of hydrazine groups is 1. The molecule has 0 radical (unpaired) electrons. The Morgan fingerprint density at radius 1 is 1.37 bits per heavy atom. The Morgan fingerprint density at radius 2 is 2.11 bits per heavy atom. The Hall–Kier alpha value is -2.52. The molecule has 27 heavy (non-hydrogen) atoms. The van der Waals surface area contributed by atoms with Gasteiger partial charge in [0.2, 0.25) is 0 Å². The first-order valence-corrected chi connectivity index (χ1v) is 9.66. The third-order valence-corrected chi connectivity index (χ3v) is 5.17. The van der Waals surface area contributed by atoms with Gasteiger partial charge >= 0.3 is 5.97 Å². The van der Waals surface area contributed by atoms with E-state index in [1.807, 2.05) is 19.1 Å². The number of aromatic nitrogens is 1. The van der Waals surface area contributed by atoms with Gasteiger partial charge in [-0.2, -0.15) is 0 Å². The molecule has 0 amide bonds. The lowest BCUT2D eigenvalue weighted by molar-refractivity contribution is -0.139. The van der Waals surface area contributed by atoms with Crippen LogP contribution in [0.25, 0.3) is 10.9 Å². The summed E-state index contributed by atoms with van der Waals surface area (Å²) in [4.78, 5) is 29.1. The second-order valence-electron chi connectivity index (χ2n) is 6.12. The number of aryl methyl sites for hydroxylation is 1. The first-order chi connectivity index (χ1) is 12.9. The van der Waals surface area contributed by atoms with Crippen LogP contribution >= 0.6 is 11.8 Å². The summed E-state index contributed by atoms with van der Waals surface area (Å²) in [6.07, 6.45) is 0. The summed E-state index contributed by atoms with van der Waals surface area (Å²) in [5.74, 6) is -0.347. The normalized spacial score (nSPS) is 19.0. The van der Waals surface area contributed by atoms with Crippen molar-refractivity contribution in [3.05, 3.63) is 40.2 Å². The molecule has 0 spiro atoms. The molecule has 3 N–H and O–H groups in total. The van der Waals surface area contributed by atoms with Crippen LogP contribution in [0, 0.1) is 0 Å². The summed E-state index contributed by atoms with van der Waals surface area (Å²) >= 11 is 1.17. The Labute approximate surface area is 160 Å². The minimum atomic E-state index is -1.17. The smallest absolute Gasteiger partial charge is 0.316 e. The average Bonchev–Trinajstić information content (AvgIpc) is 3.02. The zero-order valence-corrected chi connectivity index (χ0v) is 16.2. The van der Waals surface area contributed by atoms with Gasteiger partial charge in [-0.3, -0.25) is 15.0 Å². The number of amidine groups is 1. The van der Waals surface area contributed by atoms with Crippen LogP contribution < -0.4 is 16.4 Å². The van der Waals surface area contributed by atoms with E-state index in [9.17, 15) is 14.7 Å². The molecule has 0 bridgehead atoms. The number of rotatable bonds is 5. The van der Waals surface area contributed by atoms with Crippen LogP contribution in [0.1, 0.15) is 26.3 Å². The molecule has 8 nitrogen and oxygen atoms in total. The Morgan fingerprint density at radius 3 is 2.81 bits per heavy atom. The number of benzene rings is 1. The fourth-order valence-electron chi connectivity index (χ4n) is 3.09. The maximum absolute atomic E-state index is 13.1. The van der Waals surface area contributed by atoms with Crippen LogP contribution in [0.4, 0.5) is 0 Å². The monoisotopic (exact) mass is 390 g/mol. The number of aromatic hydroxyl groups is 1. The van der Waals surface area contributed by atoms with Crippen LogP contribution in [-0.4, -0.2) is 33.2 Å². The molecule has 0 aliphatic carbocycles. The van der Waals surface area contributed by atoms with Crippen LogP contribution in [-0.2, 0) is 21.7 Å². The van der Waals surface area contributed by atoms with Crippen LogP contribution in [0.15, 0.2) is 34.1 Å². The highest BCUT2D eigenvalue weighted by atomic mass is 32.2. The number of esters is 1. The number of carbonyl (C=O) groups excluding carboxylic acids is 1. The molecular formula is C18H22N4O4S. The summed E-state index contributed by atoms with van der Waals surface area (Å²) < 4.78 is 6.51. The molecule has 3 rings (SSSR count). The van der Waals surface area contributed by atoms with Gasteiger partial charge in [0.25, 0.3) is 5.56 Å². The van der Waals surface area contributed by atoms with Crippen LogP contribution in [0.2, 0.25) is 0 Å². The average molecular weight is 390 g/mol. The number of fused-ring (bicyclic) bond motifs is 1. The number of carbonyl (C=O) groups is 1. The van der Waals surface area contributed by atoms with E-state index in [-0.39, 0.29) is 28.6 Å². The molecule has 144 valence electrons. The fraction of sp³-hybridized carbons (Fsp3) is 0.389. The van der Waals surface area contributed by atoms with Gasteiger partial charge in [-0.1, -0.05) is 23.9 Å². The lowest BCUT2D eigenvalue weighted by atomic mass is 10.00. The molecule has 1 atom stereocenters. The van der Waals surface area contributed by atoms with Crippen molar-refractivity contribution < 1.29 is 14.6 Å². The summed E-state index contributed by atoms with van der Waals surface area (Å²) in [5.41, 5.74) is 5.17. The molecule has 1 aromatic carbocycles. The number of thioether (sulfide) groups is 1. The van der Waals surface area contributed by atoms with E-state index in [4.69, 9.17) is 4.74 Å². The predicted molar refractivity (Wildman–Crippen MR) is 106 cm³/mol. The number of ether oxygens (including phenoxy) is 1. The standard InChI is InChI=1S/C18H22N4O4S/c1-4-22-12-9-7-6-8-11(12)15(24)14(16(22)25)18(3)19-17(20-21-18)27-10-13(23)26-5-2/h6-9,21,24H,4-5,10H2,1-3H3,(H,19,20)/t18-/m1/s1. The molecule has 1 aliphatic heterocycles. The van der Waals surface area contributed by atoms with E-state index in [1.54, 1.807) is 30.5 Å². The zero-order chi connectivity index (χ0) is 19.6. The van der Waals surface area contributed by atoms with E-state index in [0.717, 1.165) is 0 Å². The van der Waals surface area contributed by atoms with Gasteiger partial charge in [-0.15, -0.1) is 0 Å². The van der Waals surface area contributed by atoms with Gasteiger partial charge in [0.05, 0.1) is 17.9 Å². The van der Waals surface area contributed by atoms with Gasteiger partial charge in [-0.05, 0) is 32.9 Å². The van der Waals surface area contributed by atoms with Crippen molar-refractivity contribution >= 4 is 33.8 Å². The number of para-hydroxylation sites is 1. The second-order valence-corrected chi connectivity index (χ2v) is 7.09. The van der Waals surface area contributed by atoms with Gasteiger partial charge < -0.3 is 14.4 Å². The maximum Gasteiger partial charge on any atom is 0.316 e. The predicted octanol–water partition coefficient (Wildman–Crippen LogP) is 1.66. The van der Waals surface area contributed by atoms with Crippen molar-refractivity contribution in [1.29, 1.82) is 0 Å². The summed E-state index contributed by atoms with van der Waals surface area (Å²) in [5, 5.41) is 11.8. The highest BCUT2D eigenvalue weighted by Crippen LogP contribution is 2.35.